The molecular formula is C29H59NO2. The average molecular weight is 454 g/mol. The van der Waals surface area contributed by atoms with Gasteiger partial charge in [0.15, 0.2) is 0 Å². The van der Waals surface area contributed by atoms with Crippen molar-refractivity contribution in [2.24, 2.45) is 11.7 Å². The predicted octanol–water partition coefficient (Wildman–Crippen LogP) is 9.79. The van der Waals surface area contributed by atoms with Gasteiger partial charge in [-0.25, -0.2) is 0 Å². The molecule has 0 rings (SSSR count). The molecule has 0 radical (unpaired) electrons. The molecule has 32 heavy (non-hydrogen) atoms. The van der Waals surface area contributed by atoms with Gasteiger partial charge in [-0.1, -0.05) is 137 Å². The Morgan fingerprint density at radius 2 is 1.06 bits per heavy atom. The second kappa shape index (κ2) is 28.0. The van der Waals surface area contributed by atoms with E-state index >= 15 is 0 Å². The van der Waals surface area contributed by atoms with Crippen molar-refractivity contribution in [1.82, 2.24) is 0 Å². The minimum atomic E-state index is -0.152. The number of rotatable bonds is 23. The molecule has 1 amide bonds. The molecule has 0 aromatic heterocycles. The molecule has 0 aromatic carbocycles. The summed E-state index contributed by atoms with van der Waals surface area (Å²) in [6.45, 7) is 10.3. The standard InChI is InChI=1S/C16H33NO.C13H26O/c1-3-5-6-7-8-9-10-12-15(4-2)13-11-14-16(17)18;1-3-4-5-6-7-8-9-10-11-12-13(2)14/h15H,3-14H2,1-2H3,(H2,17,18);14H,2-12H2,1H3. The van der Waals surface area contributed by atoms with E-state index in [9.17, 15) is 4.79 Å². The number of unbranched alkanes of at least 4 members (excludes halogenated alkanes) is 14. The monoisotopic (exact) mass is 453 g/mol. The van der Waals surface area contributed by atoms with Crippen LogP contribution in [0.25, 0.3) is 0 Å². The number of hydrogen-bond acceptors (Lipinski definition) is 2. The molecule has 3 N–H and O–H groups in total. The summed E-state index contributed by atoms with van der Waals surface area (Å²) in [6, 6.07) is 0. The zero-order valence-corrected chi connectivity index (χ0v) is 22.3. The van der Waals surface area contributed by atoms with Gasteiger partial charge in [-0.3, -0.25) is 4.79 Å². The lowest BCUT2D eigenvalue weighted by molar-refractivity contribution is -0.118. The van der Waals surface area contributed by atoms with Gasteiger partial charge in [0, 0.05) is 12.8 Å². The van der Waals surface area contributed by atoms with Crippen molar-refractivity contribution in [3.8, 4) is 0 Å². The van der Waals surface area contributed by atoms with Crippen molar-refractivity contribution in [1.29, 1.82) is 0 Å². The Balaban J connectivity index is 0. The maximum Gasteiger partial charge on any atom is 0.217 e. The highest BCUT2D eigenvalue weighted by Crippen LogP contribution is 2.20. The van der Waals surface area contributed by atoms with Crippen molar-refractivity contribution >= 4 is 5.91 Å². The van der Waals surface area contributed by atoms with Crippen LogP contribution >= 0.6 is 0 Å². The molecule has 1 atom stereocenters. The second-order valence-electron chi connectivity index (χ2n) is 9.69. The largest absolute Gasteiger partial charge is 0.513 e. The first-order valence-corrected chi connectivity index (χ1v) is 14.1. The van der Waals surface area contributed by atoms with E-state index in [4.69, 9.17) is 10.8 Å². The van der Waals surface area contributed by atoms with Crippen LogP contribution in [0.2, 0.25) is 0 Å². The van der Waals surface area contributed by atoms with Gasteiger partial charge in [-0.15, -0.1) is 0 Å². The minimum Gasteiger partial charge on any atom is -0.513 e. The summed E-state index contributed by atoms with van der Waals surface area (Å²) < 4.78 is 0. The Morgan fingerprint density at radius 1 is 0.656 bits per heavy atom. The predicted molar refractivity (Wildman–Crippen MR) is 143 cm³/mol. The van der Waals surface area contributed by atoms with Gasteiger partial charge in [0.25, 0.3) is 0 Å². The van der Waals surface area contributed by atoms with E-state index in [0.29, 0.717) is 12.2 Å². The highest BCUT2D eigenvalue weighted by Gasteiger charge is 2.06. The number of aliphatic hydroxyl groups is 1. The van der Waals surface area contributed by atoms with Crippen LogP contribution in [0.5, 0.6) is 0 Å². The fourth-order valence-corrected chi connectivity index (χ4v) is 4.15. The van der Waals surface area contributed by atoms with Gasteiger partial charge in [0.1, 0.15) is 0 Å². The van der Waals surface area contributed by atoms with E-state index in [1.54, 1.807) is 0 Å². The summed E-state index contributed by atoms with van der Waals surface area (Å²) in [5.41, 5.74) is 5.16. The first kappa shape index (κ1) is 33.2. The van der Waals surface area contributed by atoms with Crippen LogP contribution in [0.4, 0.5) is 0 Å². The molecule has 0 bridgehead atoms. The quantitative estimate of drug-likeness (QED) is 0.119. The molecule has 0 saturated carbocycles. The van der Waals surface area contributed by atoms with Gasteiger partial charge in [0.05, 0.1) is 5.76 Å². The SMILES string of the molecule is C=C(O)CCCCCCCCCCC.CCCCCCCCCC(CC)CCCC(N)=O. The maximum atomic E-state index is 10.7. The third kappa shape index (κ3) is 31.2. The molecule has 0 spiro atoms. The topological polar surface area (TPSA) is 63.3 Å². The van der Waals surface area contributed by atoms with Gasteiger partial charge in [-0.2, -0.15) is 0 Å². The van der Waals surface area contributed by atoms with E-state index in [1.165, 1.54) is 116 Å². The van der Waals surface area contributed by atoms with Crippen LogP contribution in [-0.2, 0) is 4.79 Å². The number of nitrogens with two attached hydrogens (primary N) is 1. The highest BCUT2D eigenvalue weighted by atomic mass is 16.3. The van der Waals surface area contributed by atoms with Crippen LogP contribution in [0.15, 0.2) is 12.3 Å². The van der Waals surface area contributed by atoms with Gasteiger partial charge in [0.2, 0.25) is 5.91 Å². The molecular weight excluding hydrogens is 394 g/mol. The highest BCUT2D eigenvalue weighted by molar-refractivity contribution is 5.73. The fraction of sp³-hybridized carbons (Fsp3) is 0.897. The molecule has 3 heteroatoms. The summed E-state index contributed by atoms with van der Waals surface area (Å²) in [5.74, 6) is 0.994. The number of carbonyl (C=O) groups is 1. The summed E-state index contributed by atoms with van der Waals surface area (Å²) in [4.78, 5) is 10.7. The van der Waals surface area contributed by atoms with Crippen LogP contribution < -0.4 is 5.73 Å². The number of aliphatic hydroxyl groups excluding tert-OH is 1. The summed E-state index contributed by atoms with van der Waals surface area (Å²) in [6.07, 6.45) is 27.7. The Hall–Kier alpha value is -0.990. The number of hydrogen-bond donors (Lipinski definition) is 2. The zero-order valence-electron chi connectivity index (χ0n) is 22.3. The van der Waals surface area contributed by atoms with Crippen molar-refractivity contribution in [2.45, 2.75) is 162 Å². The summed E-state index contributed by atoms with van der Waals surface area (Å²) in [5, 5.41) is 8.86. The Labute approximate surface area is 202 Å². The van der Waals surface area contributed by atoms with Crippen molar-refractivity contribution < 1.29 is 9.90 Å². The molecule has 0 aliphatic carbocycles. The van der Waals surface area contributed by atoms with Crippen LogP contribution in [0, 0.1) is 5.92 Å². The Morgan fingerprint density at radius 3 is 1.47 bits per heavy atom. The minimum absolute atomic E-state index is 0.152. The van der Waals surface area contributed by atoms with Crippen LogP contribution in [-0.4, -0.2) is 11.0 Å². The lowest BCUT2D eigenvalue weighted by Crippen LogP contribution is -2.10. The molecule has 0 saturated heterocycles. The van der Waals surface area contributed by atoms with Gasteiger partial charge >= 0.3 is 0 Å². The normalized spacial score (nSPS) is 11.6. The van der Waals surface area contributed by atoms with Crippen LogP contribution in [0.1, 0.15) is 162 Å². The first-order valence-electron chi connectivity index (χ1n) is 14.1. The lowest BCUT2D eigenvalue weighted by atomic mass is 9.93. The smallest absolute Gasteiger partial charge is 0.217 e. The number of allylic oxidation sites excluding steroid dienone is 1. The third-order valence-electron chi connectivity index (χ3n) is 6.40. The first-order chi connectivity index (χ1) is 15.5. The van der Waals surface area contributed by atoms with E-state index in [-0.39, 0.29) is 5.91 Å². The lowest BCUT2D eigenvalue weighted by Gasteiger charge is -2.13. The molecule has 192 valence electrons. The van der Waals surface area contributed by atoms with E-state index in [0.717, 1.165) is 25.2 Å². The summed E-state index contributed by atoms with van der Waals surface area (Å²) in [7, 11) is 0. The molecule has 3 nitrogen and oxygen atoms in total. The van der Waals surface area contributed by atoms with Crippen molar-refractivity contribution in [2.75, 3.05) is 0 Å². The molecule has 0 heterocycles. The maximum absolute atomic E-state index is 10.7. The molecule has 0 fully saturated rings. The van der Waals surface area contributed by atoms with E-state index in [2.05, 4.69) is 27.4 Å². The van der Waals surface area contributed by atoms with E-state index in [1.807, 2.05) is 0 Å². The van der Waals surface area contributed by atoms with Gasteiger partial charge in [-0.05, 0) is 25.2 Å². The van der Waals surface area contributed by atoms with E-state index < -0.39 is 0 Å². The van der Waals surface area contributed by atoms with Gasteiger partial charge < -0.3 is 10.8 Å². The number of primary amides is 1. The number of carbonyl (C=O) groups excluding carboxylic acids is 1. The fourth-order valence-electron chi connectivity index (χ4n) is 4.15. The van der Waals surface area contributed by atoms with Crippen molar-refractivity contribution in [3.05, 3.63) is 12.3 Å². The van der Waals surface area contributed by atoms with Crippen LogP contribution in [0.3, 0.4) is 0 Å². The molecule has 0 aliphatic rings. The Bertz CT molecular complexity index is 395. The molecule has 1 unspecified atom stereocenters. The summed E-state index contributed by atoms with van der Waals surface area (Å²) >= 11 is 0. The zero-order chi connectivity index (χ0) is 24.3. The van der Waals surface area contributed by atoms with Crippen molar-refractivity contribution in [3.63, 3.8) is 0 Å². The second-order valence-corrected chi connectivity index (χ2v) is 9.69. The molecule has 0 aromatic rings. The average Bonchev–Trinajstić information content (AvgIpc) is 2.76. The number of amides is 1. The molecule has 0 aliphatic heterocycles. The third-order valence-corrected chi connectivity index (χ3v) is 6.40. The Kier molecular flexibility index (Phi) is 29.1.